The van der Waals surface area contributed by atoms with E-state index in [0.29, 0.717) is 17.7 Å². The normalized spacial score (nSPS) is 17.8. The maximum absolute atomic E-state index is 13.3. The molecule has 22 heavy (non-hydrogen) atoms. The van der Waals surface area contributed by atoms with Crippen LogP contribution in [-0.2, 0) is 6.18 Å². The number of fused-ring (bicyclic) bond motifs is 1. The fourth-order valence-electron chi connectivity index (χ4n) is 2.44. The van der Waals surface area contributed by atoms with Crippen LogP contribution in [0.4, 0.5) is 23.2 Å². The molecule has 0 saturated heterocycles. The number of hydrogen-bond acceptors (Lipinski definition) is 2. The second kappa shape index (κ2) is 4.81. The highest BCUT2D eigenvalue weighted by molar-refractivity contribution is 6.10. The van der Waals surface area contributed by atoms with Gasteiger partial charge in [0.2, 0.25) is 0 Å². The standard InChI is InChI=1S/C15H9F4NO2/c16-12-6-5-8(7-11(12)15(17,18)19)20-13(21)9-3-1-2-4-10(9)14(20)22/h1-7,13,21H. The largest absolute Gasteiger partial charge is 0.419 e. The van der Waals surface area contributed by atoms with Crippen LogP contribution < -0.4 is 4.90 Å². The fourth-order valence-corrected chi connectivity index (χ4v) is 2.44. The number of amides is 1. The van der Waals surface area contributed by atoms with Crippen molar-refractivity contribution in [3.63, 3.8) is 0 Å². The highest BCUT2D eigenvalue weighted by Gasteiger charge is 2.39. The summed E-state index contributed by atoms with van der Waals surface area (Å²) in [6.07, 6.45) is -6.30. The average molecular weight is 311 g/mol. The Labute approximate surface area is 122 Å². The summed E-state index contributed by atoms with van der Waals surface area (Å²) < 4.78 is 51.6. The van der Waals surface area contributed by atoms with Gasteiger partial charge in [0.1, 0.15) is 5.82 Å². The number of carbonyl (C=O) groups excluding carboxylic acids is 1. The molecular weight excluding hydrogens is 302 g/mol. The van der Waals surface area contributed by atoms with E-state index >= 15 is 0 Å². The first-order valence-electron chi connectivity index (χ1n) is 6.28. The van der Waals surface area contributed by atoms with Gasteiger partial charge in [0, 0.05) is 16.8 Å². The van der Waals surface area contributed by atoms with Crippen molar-refractivity contribution in [2.45, 2.75) is 12.4 Å². The van der Waals surface area contributed by atoms with E-state index in [9.17, 15) is 27.5 Å². The summed E-state index contributed by atoms with van der Waals surface area (Å²) in [6.45, 7) is 0. The first-order valence-corrected chi connectivity index (χ1v) is 6.28. The molecule has 0 spiro atoms. The van der Waals surface area contributed by atoms with Crippen molar-refractivity contribution < 1.29 is 27.5 Å². The Morgan fingerprint density at radius 2 is 1.77 bits per heavy atom. The van der Waals surface area contributed by atoms with E-state index in [4.69, 9.17) is 0 Å². The van der Waals surface area contributed by atoms with Gasteiger partial charge in [-0.25, -0.2) is 4.39 Å². The number of carbonyl (C=O) groups is 1. The lowest BCUT2D eigenvalue weighted by Gasteiger charge is -2.22. The molecule has 1 unspecified atom stereocenters. The predicted octanol–water partition coefficient (Wildman–Crippen LogP) is 3.50. The van der Waals surface area contributed by atoms with Gasteiger partial charge >= 0.3 is 6.18 Å². The molecule has 1 heterocycles. The van der Waals surface area contributed by atoms with Crippen LogP contribution in [0.5, 0.6) is 0 Å². The molecule has 0 bridgehead atoms. The maximum atomic E-state index is 13.3. The smallest absolute Gasteiger partial charge is 0.369 e. The van der Waals surface area contributed by atoms with Gasteiger partial charge in [0.05, 0.1) is 5.56 Å². The molecule has 1 aliphatic heterocycles. The predicted molar refractivity (Wildman–Crippen MR) is 69.6 cm³/mol. The Bertz CT molecular complexity index is 757. The fraction of sp³-hybridized carbons (Fsp3) is 0.133. The molecule has 0 aromatic heterocycles. The highest BCUT2D eigenvalue weighted by Crippen LogP contribution is 2.39. The summed E-state index contributed by atoms with van der Waals surface area (Å²) in [5, 5.41) is 10.2. The lowest BCUT2D eigenvalue weighted by molar-refractivity contribution is -0.139. The lowest BCUT2D eigenvalue weighted by atomic mass is 10.1. The first kappa shape index (κ1) is 14.5. The zero-order valence-electron chi connectivity index (χ0n) is 10.9. The van der Waals surface area contributed by atoms with Crippen molar-refractivity contribution in [2.75, 3.05) is 4.90 Å². The molecule has 1 amide bonds. The molecule has 2 aromatic carbocycles. The molecule has 1 atom stereocenters. The molecule has 0 fully saturated rings. The Balaban J connectivity index is 2.09. The van der Waals surface area contributed by atoms with Gasteiger partial charge in [-0.3, -0.25) is 9.69 Å². The van der Waals surface area contributed by atoms with Crippen LogP contribution in [-0.4, -0.2) is 11.0 Å². The second-order valence-electron chi connectivity index (χ2n) is 4.80. The quantitative estimate of drug-likeness (QED) is 0.819. The average Bonchev–Trinajstić information content (AvgIpc) is 2.71. The number of benzene rings is 2. The first-order chi connectivity index (χ1) is 10.3. The van der Waals surface area contributed by atoms with Crippen molar-refractivity contribution in [1.29, 1.82) is 0 Å². The van der Waals surface area contributed by atoms with Crippen LogP contribution in [0, 0.1) is 5.82 Å². The molecule has 3 rings (SSSR count). The molecule has 114 valence electrons. The molecule has 7 heteroatoms. The second-order valence-corrected chi connectivity index (χ2v) is 4.80. The van der Waals surface area contributed by atoms with Gasteiger partial charge in [-0.1, -0.05) is 18.2 Å². The molecular formula is C15H9F4NO2. The summed E-state index contributed by atoms with van der Waals surface area (Å²) >= 11 is 0. The third-order valence-electron chi connectivity index (χ3n) is 3.47. The molecule has 3 nitrogen and oxygen atoms in total. The number of alkyl halides is 3. The summed E-state index contributed by atoms with van der Waals surface area (Å²) in [4.78, 5) is 13.0. The van der Waals surface area contributed by atoms with E-state index in [1.807, 2.05) is 0 Å². The van der Waals surface area contributed by atoms with Crippen LogP contribution in [0.3, 0.4) is 0 Å². The third kappa shape index (κ3) is 2.14. The van der Waals surface area contributed by atoms with Crippen LogP contribution in [0.25, 0.3) is 0 Å². The van der Waals surface area contributed by atoms with E-state index < -0.39 is 29.7 Å². The van der Waals surface area contributed by atoms with Crippen LogP contribution >= 0.6 is 0 Å². The number of aliphatic hydroxyl groups is 1. The number of hydrogen-bond donors (Lipinski definition) is 1. The summed E-state index contributed by atoms with van der Waals surface area (Å²) in [6, 6.07) is 8.33. The van der Waals surface area contributed by atoms with E-state index in [1.165, 1.54) is 12.1 Å². The molecule has 1 aliphatic rings. The molecule has 1 N–H and O–H groups in total. The molecule has 0 saturated carbocycles. The van der Waals surface area contributed by atoms with Gasteiger partial charge in [0.25, 0.3) is 5.91 Å². The Hall–Kier alpha value is -2.41. The van der Waals surface area contributed by atoms with E-state index in [2.05, 4.69) is 0 Å². The lowest BCUT2D eigenvalue weighted by Crippen LogP contribution is -2.28. The molecule has 0 radical (unpaired) electrons. The van der Waals surface area contributed by atoms with Crippen LogP contribution in [0.15, 0.2) is 42.5 Å². The number of rotatable bonds is 1. The monoisotopic (exact) mass is 311 g/mol. The van der Waals surface area contributed by atoms with E-state index in [1.54, 1.807) is 12.1 Å². The highest BCUT2D eigenvalue weighted by atomic mass is 19.4. The number of anilines is 1. The minimum atomic E-state index is -4.89. The van der Waals surface area contributed by atoms with Crippen molar-refractivity contribution in [1.82, 2.24) is 0 Å². The van der Waals surface area contributed by atoms with Gasteiger partial charge in [-0.15, -0.1) is 0 Å². The molecule has 2 aromatic rings. The third-order valence-corrected chi connectivity index (χ3v) is 3.47. The van der Waals surface area contributed by atoms with Gasteiger partial charge in [-0.05, 0) is 24.3 Å². The number of nitrogens with zero attached hydrogens (tertiary/aromatic N) is 1. The maximum Gasteiger partial charge on any atom is 0.419 e. The summed E-state index contributed by atoms with van der Waals surface area (Å²) in [5.41, 5.74) is -1.21. The van der Waals surface area contributed by atoms with Crippen molar-refractivity contribution in [3.8, 4) is 0 Å². The van der Waals surface area contributed by atoms with Crippen molar-refractivity contribution in [3.05, 3.63) is 65.0 Å². The summed E-state index contributed by atoms with van der Waals surface area (Å²) in [5.74, 6) is -2.07. The zero-order valence-corrected chi connectivity index (χ0v) is 10.9. The molecule has 0 aliphatic carbocycles. The number of halogens is 4. The minimum Gasteiger partial charge on any atom is -0.369 e. The van der Waals surface area contributed by atoms with Crippen LogP contribution in [0.2, 0.25) is 0 Å². The Morgan fingerprint density at radius 3 is 2.41 bits per heavy atom. The van der Waals surface area contributed by atoms with Gasteiger partial charge < -0.3 is 5.11 Å². The summed E-state index contributed by atoms with van der Waals surface area (Å²) in [7, 11) is 0. The van der Waals surface area contributed by atoms with Crippen molar-refractivity contribution >= 4 is 11.6 Å². The van der Waals surface area contributed by atoms with E-state index in [-0.39, 0.29) is 11.3 Å². The Morgan fingerprint density at radius 1 is 1.09 bits per heavy atom. The van der Waals surface area contributed by atoms with Crippen molar-refractivity contribution in [2.24, 2.45) is 0 Å². The van der Waals surface area contributed by atoms with Crippen LogP contribution in [0.1, 0.15) is 27.7 Å². The van der Waals surface area contributed by atoms with Gasteiger partial charge in [-0.2, -0.15) is 13.2 Å². The van der Waals surface area contributed by atoms with E-state index in [0.717, 1.165) is 11.0 Å². The minimum absolute atomic E-state index is 0.202. The zero-order chi connectivity index (χ0) is 16.1. The number of aliphatic hydroxyl groups excluding tert-OH is 1. The Kier molecular flexibility index (Phi) is 3.17. The topological polar surface area (TPSA) is 40.5 Å². The SMILES string of the molecule is O=C1c2ccccc2C(O)N1c1ccc(F)c(C(F)(F)F)c1. The van der Waals surface area contributed by atoms with Gasteiger partial charge in [0.15, 0.2) is 6.23 Å².